The molecule has 23 heavy (non-hydrogen) atoms. The van der Waals surface area contributed by atoms with Crippen molar-refractivity contribution in [2.75, 3.05) is 11.9 Å². The maximum absolute atomic E-state index is 12.5. The number of halogens is 3. The standard InChI is InChI=1S/C13H16ClF2NO6/c14-13(15,16)23-7-3-1-6(2-4-7)17-12-11(21)10(20)9(19)8(5-18)22-12/h1-4,8-12,17-21H,5H2/t8-,9+,10-,11+,12-/m0/s1. The molecule has 0 aromatic heterocycles. The van der Waals surface area contributed by atoms with Crippen LogP contribution in [0, 0.1) is 0 Å². The average molecular weight is 356 g/mol. The van der Waals surface area contributed by atoms with Gasteiger partial charge in [0, 0.05) is 17.3 Å². The van der Waals surface area contributed by atoms with Crippen LogP contribution in [0.2, 0.25) is 0 Å². The Balaban J connectivity index is 2.03. The molecule has 0 bridgehead atoms. The van der Waals surface area contributed by atoms with Crippen molar-refractivity contribution < 1.29 is 38.7 Å². The van der Waals surface area contributed by atoms with Crippen molar-refractivity contribution in [1.82, 2.24) is 0 Å². The number of aliphatic hydroxyl groups is 4. The highest BCUT2D eigenvalue weighted by atomic mass is 35.5. The van der Waals surface area contributed by atoms with E-state index in [1.807, 2.05) is 0 Å². The van der Waals surface area contributed by atoms with Crippen molar-refractivity contribution in [2.24, 2.45) is 0 Å². The minimum absolute atomic E-state index is 0.177. The Kier molecular flexibility index (Phi) is 5.61. The number of hydrogen-bond acceptors (Lipinski definition) is 7. The van der Waals surface area contributed by atoms with Crippen molar-refractivity contribution >= 4 is 17.3 Å². The summed E-state index contributed by atoms with van der Waals surface area (Å²) in [6.07, 6.45) is -6.61. The number of anilines is 1. The third-order valence-corrected chi connectivity index (χ3v) is 3.37. The summed E-state index contributed by atoms with van der Waals surface area (Å²) in [6.45, 7) is -0.555. The Morgan fingerprint density at radius 3 is 2.26 bits per heavy atom. The van der Waals surface area contributed by atoms with E-state index >= 15 is 0 Å². The molecule has 0 radical (unpaired) electrons. The predicted octanol–water partition coefficient (Wildman–Crippen LogP) is 0.0663. The molecule has 1 heterocycles. The van der Waals surface area contributed by atoms with Crippen LogP contribution < -0.4 is 10.1 Å². The van der Waals surface area contributed by atoms with Gasteiger partial charge in [-0.15, -0.1) is 8.78 Å². The number of nitrogens with one attached hydrogen (secondary N) is 1. The van der Waals surface area contributed by atoms with Gasteiger partial charge in [0.15, 0.2) is 6.23 Å². The van der Waals surface area contributed by atoms with Gasteiger partial charge in [0.05, 0.1) is 6.61 Å². The van der Waals surface area contributed by atoms with E-state index in [1.54, 1.807) is 0 Å². The summed E-state index contributed by atoms with van der Waals surface area (Å²) in [7, 11) is 0. The van der Waals surface area contributed by atoms with Crippen molar-refractivity contribution in [3.8, 4) is 5.75 Å². The topological polar surface area (TPSA) is 111 Å². The first-order valence-corrected chi connectivity index (χ1v) is 7.02. The summed E-state index contributed by atoms with van der Waals surface area (Å²) in [5.41, 5.74) is -3.47. The lowest BCUT2D eigenvalue weighted by atomic mass is 9.98. The molecule has 5 atom stereocenters. The van der Waals surface area contributed by atoms with Crippen LogP contribution >= 0.6 is 11.6 Å². The zero-order valence-electron chi connectivity index (χ0n) is 11.6. The van der Waals surface area contributed by atoms with Gasteiger partial charge < -0.3 is 35.2 Å². The zero-order valence-corrected chi connectivity index (χ0v) is 12.4. The normalized spacial score (nSPS) is 31.7. The summed E-state index contributed by atoms with van der Waals surface area (Å²) >= 11 is 4.64. The summed E-state index contributed by atoms with van der Waals surface area (Å²) < 4.78 is 34.4. The summed E-state index contributed by atoms with van der Waals surface area (Å²) in [4.78, 5) is 0. The van der Waals surface area contributed by atoms with E-state index in [2.05, 4.69) is 21.7 Å². The second-order valence-corrected chi connectivity index (χ2v) is 5.41. The molecule has 0 spiro atoms. The van der Waals surface area contributed by atoms with Crippen molar-refractivity contribution in [3.63, 3.8) is 0 Å². The zero-order chi connectivity index (χ0) is 17.2. The van der Waals surface area contributed by atoms with Gasteiger partial charge in [-0.05, 0) is 24.3 Å². The fraction of sp³-hybridized carbons (Fsp3) is 0.538. The maximum Gasteiger partial charge on any atom is 0.487 e. The van der Waals surface area contributed by atoms with Gasteiger partial charge in [0.2, 0.25) is 0 Å². The first-order valence-electron chi connectivity index (χ1n) is 6.64. The molecule has 1 aromatic rings. The third-order valence-electron chi connectivity index (χ3n) is 3.29. The molecule has 1 aromatic carbocycles. The molecular weight excluding hydrogens is 340 g/mol. The second-order valence-electron chi connectivity index (χ2n) is 4.97. The lowest BCUT2D eigenvalue weighted by Gasteiger charge is -2.40. The van der Waals surface area contributed by atoms with Gasteiger partial charge in [-0.2, -0.15) is 0 Å². The highest BCUT2D eigenvalue weighted by Gasteiger charge is 2.43. The van der Waals surface area contributed by atoms with Gasteiger partial charge in [-0.25, -0.2) is 0 Å². The SMILES string of the molecule is OC[C@@H]1O[C@H](Nc2ccc(OC(F)(F)Cl)cc2)[C@H](O)[C@@H](O)[C@@H]1O. The van der Waals surface area contributed by atoms with E-state index in [4.69, 9.17) is 9.84 Å². The molecule has 1 saturated heterocycles. The fourth-order valence-electron chi connectivity index (χ4n) is 2.14. The smallest absolute Gasteiger partial charge is 0.420 e. The Hall–Kier alpha value is -1.23. The van der Waals surface area contributed by atoms with Gasteiger partial charge in [-0.1, -0.05) is 0 Å². The lowest BCUT2D eigenvalue weighted by molar-refractivity contribution is -0.221. The number of rotatable bonds is 5. The molecule has 0 unspecified atom stereocenters. The van der Waals surface area contributed by atoms with Gasteiger partial charge >= 0.3 is 5.57 Å². The minimum Gasteiger partial charge on any atom is -0.420 e. The molecule has 0 amide bonds. The average Bonchev–Trinajstić information content (AvgIpc) is 2.48. The highest BCUT2D eigenvalue weighted by molar-refractivity contribution is 6.20. The first kappa shape index (κ1) is 18.1. The van der Waals surface area contributed by atoms with Gasteiger partial charge in [0.25, 0.3) is 0 Å². The van der Waals surface area contributed by atoms with Crippen LogP contribution in [0.5, 0.6) is 5.75 Å². The van der Waals surface area contributed by atoms with Crippen LogP contribution in [-0.4, -0.2) is 63.2 Å². The molecule has 10 heteroatoms. The molecule has 0 aliphatic carbocycles. The number of alkyl halides is 3. The highest BCUT2D eigenvalue weighted by Crippen LogP contribution is 2.27. The number of ether oxygens (including phenoxy) is 2. The van der Waals surface area contributed by atoms with Crippen LogP contribution in [0.1, 0.15) is 0 Å². The molecule has 2 rings (SSSR count). The molecule has 130 valence electrons. The van der Waals surface area contributed by atoms with E-state index in [9.17, 15) is 24.1 Å². The number of aliphatic hydroxyl groups excluding tert-OH is 4. The Labute approximate surface area is 135 Å². The van der Waals surface area contributed by atoms with Crippen LogP contribution in [0.15, 0.2) is 24.3 Å². The summed E-state index contributed by atoms with van der Waals surface area (Å²) in [6, 6.07) is 5.14. The fourth-order valence-corrected chi connectivity index (χ4v) is 2.23. The van der Waals surface area contributed by atoms with Gasteiger partial charge in [-0.3, -0.25) is 0 Å². The van der Waals surface area contributed by atoms with Crippen molar-refractivity contribution in [2.45, 2.75) is 36.2 Å². The van der Waals surface area contributed by atoms with E-state index in [1.165, 1.54) is 24.3 Å². The molecule has 0 saturated carbocycles. The van der Waals surface area contributed by atoms with Gasteiger partial charge in [0.1, 0.15) is 30.2 Å². The minimum atomic E-state index is -3.83. The van der Waals surface area contributed by atoms with Crippen LogP contribution in [0.4, 0.5) is 14.5 Å². The Bertz CT molecular complexity index is 512. The van der Waals surface area contributed by atoms with E-state index in [0.717, 1.165) is 0 Å². The van der Waals surface area contributed by atoms with Crippen LogP contribution in [0.3, 0.4) is 0 Å². The lowest BCUT2D eigenvalue weighted by Crippen LogP contribution is -2.60. The third kappa shape index (κ3) is 4.63. The summed E-state index contributed by atoms with van der Waals surface area (Å²) in [5.74, 6) is -0.177. The van der Waals surface area contributed by atoms with E-state index in [0.29, 0.717) is 5.69 Å². The van der Waals surface area contributed by atoms with E-state index in [-0.39, 0.29) is 5.75 Å². The van der Waals surface area contributed by atoms with Crippen molar-refractivity contribution in [1.29, 1.82) is 0 Å². The van der Waals surface area contributed by atoms with Crippen molar-refractivity contribution in [3.05, 3.63) is 24.3 Å². The molecule has 7 nitrogen and oxygen atoms in total. The van der Waals surface area contributed by atoms with Crippen LogP contribution in [0.25, 0.3) is 0 Å². The summed E-state index contributed by atoms with van der Waals surface area (Å²) in [5, 5.41) is 41.0. The quantitative estimate of drug-likeness (QED) is 0.475. The first-order chi connectivity index (χ1) is 10.7. The molecule has 1 fully saturated rings. The number of benzene rings is 1. The second kappa shape index (κ2) is 7.12. The molecular formula is C13H16ClF2NO6. The number of hydrogen-bond donors (Lipinski definition) is 5. The Morgan fingerprint density at radius 2 is 1.74 bits per heavy atom. The largest absolute Gasteiger partial charge is 0.487 e. The Morgan fingerprint density at radius 1 is 1.13 bits per heavy atom. The molecule has 1 aliphatic rings. The molecule has 1 aliphatic heterocycles. The van der Waals surface area contributed by atoms with E-state index < -0.39 is 42.8 Å². The van der Waals surface area contributed by atoms with Crippen LogP contribution in [-0.2, 0) is 4.74 Å². The monoisotopic (exact) mass is 355 g/mol. The molecule has 5 N–H and O–H groups in total. The predicted molar refractivity (Wildman–Crippen MR) is 75.3 cm³/mol. The maximum atomic E-state index is 12.5.